The lowest BCUT2D eigenvalue weighted by atomic mass is 10.1. The fraction of sp³-hybridized carbons (Fsp3) is 0.0714. The van der Waals surface area contributed by atoms with Crippen LogP contribution in [0.5, 0.6) is 5.75 Å². The Morgan fingerprint density at radius 2 is 2.06 bits per heavy atom. The fourth-order valence-corrected chi connectivity index (χ4v) is 1.88. The second kappa shape index (κ2) is 5.56. The Morgan fingerprint density at radius 3 is 2.83 bits per heavy atom. The number of nitrogens with two attached hydrogens (primary N) is 1. The number of anilines is 1. The molecule has 0 bridgehead atoms. The van der Waals surface area contributed by atoms with Gasteiger partial charge in [0.05, 0.1) is 16.1 Å². The van der Waals surface area contributed by atoms with Gasteiger partial charge in [0, 0.05) is 11.8 Å². The lowest BCUT2D eigenvalue weighted by Crippen LogP contribution is -1.97. The minimum absolute atomic E-state index is 0.400. The van der Waals surface area contributed by atoms with Gasteiger partial charge < -0.3 is 10.5 Å². The quantitative estimate of drug-likeness (QED) is 0.883. The van der Waals surface area contributed by atoms with Gasteiger partial charge in [-0.25, -0.2) is 0 Å². The number of rotatable bonds is 3. The van der Waals surface area contributed by atoms with Crippen LogP contribution in [0.2, 0.25) is 0 Å². The summed E-state index contributed by atoms with van der Waals surface area (Å²) in [7, 11) is 0. The molecule has 0 saturated carbocycles. The van der Waals surface area contributed by atoms with Crippen LogP contribution in [0.1, 0.15) is 11.1 Å². The van der Waals surface area contributed by atoms with Gasteiger partial charge in [-0.1, -0.05) is 12.1 Å². The van der Waals surface area contributed by atoms with E-state index in [2.05, 4.69) is 22.0 Å². The highest BCUT2D eigenvalue weighted by molar-refractivity contribution is 9.10. The van der Waals surface area contributed by atoms with Crippen LogP contribution in [-0.4, -0.2) is 0 Å². The van der Waals surface area contributed by atoms with Crippen molar-refractivity contribution in [1.82, 2.24) is 0 Å². The van der Waals surface area contributed by atoms with E-state index in [0.717, 1.165) is 10.0 Å². The van der Waals surface area contributed by atoms with Crippen molar-refractivity contribution >= 4 is 21.6 Å². The second-order valence-corrected chi connectivity index (χ2v) is 4.65. The zero-order valence-electron chi connectivity index (χ0n) is 9.56. The summed E-state index contributed by atoms with van der Waals surface area (Å²) in [5, 5.41) is 8.81. The molecule has 2 aromatic rings. The van der Waals surface area contributed by atoms with Crippen molar-refractivity contribution in [2.75, 3.05) is 5.73 Å². The largest absolute Gasteiger partial charge is 0.488 e. The van der Waals surface area contributed by atoms with E-state index >= 15 is 0 Å². The van der Waals surface area contributed by atoms with Crippen LogP contribution < -0.4 is 10.5 Å². The summed E-state index contributed by atoms with van der Waals surface area (Å²) in [6.45, 7) is 0.400. The Hall–Kier alpha value is -1.99. The minimum atomic E-state index is 0.400. The zero-order chi connectivity index (χ0) is 13.0. The molecule has 3 nitrogen and oxygen atoms in total. The van der Waals surface area contributed by atoms with Crippen molar-refractivity contribution in [2.24, 2.45) is 0 Å². The number of benzene rings is 2. The van der Waals surface area contributed by atoms with E-state index in [1.165, 1.54) is 0 Å². The number of hydrogen-bond acceptors (Lipinski definition) is 3. The average Bonchev–Trinajstić information content (AvgIpc) is 2.40. The van der Waals surface area contributed by atoms with Crippen molar-refractivity contribution in [3.05, 3.63) is 58.1 Å². The Bertz CT molecular complexity index is 605. The van der Waals surface area contributed by atoms with Crippen molar-refractivity contribution < 1.29 is 4.74 Å². The monoisotopic (exact) mass is 302 g/mol. The first-order chi connectivity index (χ1) is 8.69. The first kappa shape index (κ1) is 12.5. The number of nitrogens with zero attached hydrogens (tertiary/aromatic N) is 1. The highest BCUT2D eigenvalue weighted by Gasteiger charge is 2.02. The van der Waals surface area contributed by atoms with E-state index in [1.807, 2.05) is 18.2 Å². The Labute approximate surface area is 114 Å². The van der Waals surface area contributed by atoms with Gasteiger partial charge in [-0.05, 0) is 45.8 Å². The van der Waals surface area contributed by atoms with Gasteiger partial charge in [-0.3, -0.25) is 0 Å². The molecule has 0 aliphatic heterocycles. The predicted molar refractivity (Wildman–Crippen MR) is 74.0 cm³/mol. The molecule has 0 atom stereocenters. The third-order valence-electron chi connectivity index (χ3n) is 2.41. The first-order valence-corrected chi connectivity index (χ1v) is 6.15. The van der Waals surface area contributed by atoms with E-state index < -0.39 is 0 Å². The van der Waals surface area contributed by atoms with Crippen molar-refractivity contribution in [3.63, 3.8) is 0 Å². The highest BCUT2D eigenvalue weighted by atomic mass is 79.9. The molecule has 0 aliphatic carbocycles. The second-order valence-electron chi connectivity index (χ2n) is 3.79. The molecule has 0 aliphatic rings. The number of halogens is 1. The van der Waals surface area contributed by atoms with Gasteiger partial charge in [0.15, 0.2) is 0 Å². The van der Waals surface area contributed by atoms with Crippen LogP contribution in [-0.2, 0) is 6.61 Å². The molecule has 4 heteroatoms. The molecule has 90 valence electrons. The lowest BCUT2D eigenvalue weighted by Gasteiger charge is -2.09. The molecular weight excluding hydrogens is 292 g/mol. The smallest absolute Gasteiger partial charge is 0.136 e. The molecule has 0 heterocycles. The van der Waals surface area contributed by atoms with E-state index in [4.69, 9.17) is 15.7 Å². The first-order valence-electron chi connectivity index (χ1n) is 5.36. The minimum Gasteiger partial charge on any atom is -0.488 e. The average molecular weight is 303 g/mol. The molecule has 0 unspecified atom stereocenters. The van der Waals surface area contributed by atoms with Crippen LogP contribution in [0.3, 0.4) is 0 Å². The van der Waals surface area contributed by atoms with Crippen molar-refractivity contribution in [1.29, 1.82) is 5.26 Å². The number of nitrogen functional groups attached to an aromatic ring is 1. The molecule has 0 radical (unpaired) electrons. The van der Waals surface area contributed by atoms with E-state index in [-0.39, 0.29) is 0 Å². The van der Waals surface area contributed by atoms with E-state index in [9.17, 15) is 0 Å². The molecule has 0 aromatic heterocycles. The number of nitriles is 1. The number of ether oxygens (including phenoxy) is 1. The molecule has 0 saturated heterocycles. The molecule has 0 spiro atoms. The Morgan fingerprint density at radius 1 is 1.22 bits per heavy atom. The maximum atomic E-state index is 8.81. The van der Waals surface area contributed by atoms with Crippen molar-refractivity contribution in [3.8, 4) is 11.8 Å². The molecule has 2 N–H and O–H groups in total. The van der Waals surface area contributed by atoms with Crippen molar-refractivity contribution in [2.45, 2.75) is 6.61 Å². The summed E-state index contributed by atoms with van der Waals surface area (Å²) in [6.07, 6.45) is 0. The summed E-state index contributed by atoms with van der Waals surface area (Å²) < 4.78 is 6.52. The van der Waals surface area contributed by atoms with Gasteiger partial charge in [0.25, 0.3) is 0 Å². The summed E-state index contributed by atoms with van der Waals surface area (Å²) in [6, 6.07) is 14.8. The van der Waals surface area contributed by atoms with Gasteiger partial charge >= 0.3 is 0 Å². The maximum Gasteiger partial charge on any atom is 0.136 e. The van der Waals surface area contributed by atoms with E-state index in [0.29, 0.717) is 23.6 Å². The number of hydrogen-bond donors (Lipinski definition) is 1. The maximum absolute atomic E-state index is 8.81. The predicted octanol–water partition coefficient (Wildman–Crippen LogP) is 3.48. The summed E-state index contributed by atoms with van der Waals surface area (Å²) in [5.74, 6) is 0.692. The zero-order valence-corrected chi connectivity index (χ0v) is 11.1. The topological polar surface area (TPSA) is 59.0 Å². The van der Waals surface area contributed by atoms with Crippen LogP contribution in [0.4, 0.5) is 5.69 Å². The van der Waals surface area contributed by atoms with Gasteiger partial charge in [-0.2, -0.15) is 5.26 Å². The summed E-state index contributed by atoms with van der Waals surface area (Å²) in [5.41, 5.74) is 7.93. The van der Waals surface area contributed by atoms with Crippen LogP contribution in [0.15, 0.2) is 46.9 Å². The third kappa shape index (κ3) is 3.02. The molecule has 2 rings (SSSR count). The van der Waals surface area contributed by atoms with E-state index in [1.54, 1.807) is 24.3 Å². The van der Waals surface area contributed by atoms with Crippen LogP contribution >= 0.6 is 15.9 Å². The van der Waals surface area contributed by atoms with Gasteiger partial charge in [0.1, 0.15) is 12.4 Å². The van der Waals surface area contributed by atoms with Crippen LogP contribution in [0.25, 0.3) is 0 Å². The Kier molecular flexibility index (Phi) is 3.85. The highest BCUT2D eigenvalue weighted by Crippen LogP contribution is 2.27. The molecule has 18 heavy (non-hydrogen) atoms. The molecular formula is C14H11BrN2O. The van der Waals surface area contributed by atoms with Gasteiger partial charge in [-0.15, -0.1) is 0 Å². The fourth-order valence-electron chi connectivity index (χ4n) is 1.52. The normalized spacial score (nSPS) is 9.78. The summed E-state index contributed by atoms with van der Waals surface area (Å²) >= 11 is 3.40. The summed E-state index contributed by atoms with van der Waals surface area (Å²) in [4.78, 5) is 0. The van der Waals surface area contributed by atoms with Gasteiger partial charge in [0.2, 0.25) is 0 Å². The lowest BCUT2D eigenvalue weighted by molar-refractivity contribution is 0.304. The Balaban J connectivity index is 2.11. The standard InChI is InChI=1S/C14H11BrN2O/c15-13-5-4-12(17)7-14(13)18-9-11-3-1-2-10(6-11)8-16/h1-7H,9,17H2. The van der Waals surface area contributed by atoms with Crippen LogP contribution in [0, 0.1) is 11.3 Å². The third-order valence-corrected chi connectivity index (χ3v) is 3.06. The molecule has 0 amide bonds. The SMILES string of the molecule is N#Cc1cccc(COc2cc(N)ccc2Br)c1. The molecule has 2 aromatic carbocycles. The molecule has 0 fully saturated rings.